The van der Waals surface area contributed by atoms with Crippen LogP contribution in [0.3, 0.4) is 0 Å². The maximum absolute atomic E-state index is 14.9. The SMILES string of the molecule is O=C(NS(=O)(=O)C1CC1)c1cc(C2CC2)c(O[C@@H]2C3CC4C[C@](Cl)(C3)CC42)cc1F. The predicted octanol–water partition coefficient (Wildman–Crippen LogP) is 4.10. The van der Waals surface area contributed by atoms with Gasteiger partial charge in [-0.3, -0.25) is 4.79 Å². The van der Waals surface area contributed by atoms with Crippen molar-refractivity contribution in [3.63, 3.8) is 0 Å². The van der Waals surface area contributed by atoms with E-state index in [1.165, 1.54) is 12.1 Å². The van der Waals surface area contributed by atoms with Gasteiger partial charge in [-0.1, -0.05) is 0 Å². The molecule has 0 aliphatic heterocycles. The molecule has 5 nitrogen and oxygen atoms in total. The lowest BCUT2D eigenvalue weighted by atomic mass is 9.79. The first-order valence-electron chi connectivity index (χ1n) is 11.0. The maximum Gasteiger partial charge on any atom is 0.267 e. The fourth-order valence-electron chi connectivity index (χ4n) is 6.18. The van der Waals surface area contributed by atoms with Crippen molar-refractivity contribution in [2.75, 3.05) is 0 Å². The smallest absolute Gasteiger partial charge is 0.267 e. The third-order valence-electron chi connectivity index (χ3n) is 7.78. The number of rotatable bonds is 6. The molecule has 1 amide bonds. The monoisotopic (exact) mass is 453 g/mol. The summed E-state index contributed by atoms with van der Waals surface area (Å²) in [7, 11) is -3.73. The van der Waals surface area contributed by atoms with Gasteiger partial charge in [0.2, 0.25) is 10.0 Å². The van der Waals surface area contributed by atoms with Gasteiger partial charge in [0.15, 0.2) is 0 Å². The average Bonchev–Trinajstić information content (AvgIpc) is 3.55. The molecule has 3 unspecified atom stereocenters. The molecule has 30 heavy (non-hydrogen) atoms. The van der Waals surface area contributed by atoms with Crippen molar-refractivity contribution >= 4 is 27.5 Å². The van der Waals surface area contributed by atoms with E-state index in [-0.39, 0.29) is 22.5 Å². The zero-order valence-corrected chi connectivity index (χ0v) is 18.1. The highest BCUT2D eigenvalue weighted by Crippen LogP contribution is 2.63. The van der Waals surface area contributed by atoms with Gasteiger partial charge in [0.05, 0.1) is 10.8 Å². The van der Waals surface area contributed by atoms with Crippen molar-refractivity contribution < 1.29 is 22.3 Å². The predicted molar refractivity (Wildman–Crippen MR) is 110 cm³/mol. The molecule has 6 saturated carbocycles. The Morgan fingerprint density at radius 2 is 1.87 bits per heavy atom. The van der Waals surface area contributed by atoms with Crippen LogP contribution in [-0.2, 0) is 10.0 Å². The maximum atomic E-state index is 14.9. The van der Waals surface area contributed by atoms with Crippen molar-refractivity contribution in [1.82, 2.24) is 4.72 Å². The number of alkyl halides is 1. The Balaban J connectivity index is 1.28. The molecule has 1 aromatic rings. The summed E-state index contributed by atoms with van der Waals surface area (Å²) in [4.78, 5) is 12.5. The fraction of sp³-hybridized carbons (Fsp3) is 0.682. The second kappa shape index (κ2) is 6.35. The molecule has 7 rings (SSSR count). The van der Waals surface area contributed by atoms with Gasteiger partial charge in [-0.15, -0.1) is 11.6 Å². The average molecular weight is 454 g/mol. The number of benzene rings is 1. The molecule has 4 bridgehead atoms. The Morgan fingerprint density at radius 1 is 1.13 bits per heavy atom. The van der Waals surface area contributed by atoms with E-state index in [2.05, 4.69) is 0 Å². The Bertz CT molecular complexity index is 1030. The molecule has 6 aliphatic rings. The van der Waals surface area contributed by atoms with E-state index in [0.29, 0.717) is 36.3 Å². The zero-order chi connectivity index (χ0) is 20.8. The number of hydrogen-bond acceptors (Lipinski definition) is 4. The van der Waals surface area contributed by atoms with Crippen LogP contribution in [0.15, 0.2) is 12.1 Å². The molecule has 0 heterocycles. The number of sulfonamides is 1. The topological polar surface area (TPSA) is 72.5 Å². The highest BCUT2D eigenvalue weighted by atomic mass is 35.5. The van der Waals surface area contributed by atoms with E-state index in [0.717, 1.165) is 44.1 Å². The Morgan fingerprint density at radius 3 is 2.53 bits per heavy atom. The van der Waals surface area contributed by atoms with E-state index in [9.17, 15) is 17.6 Å². The van der Waals surface area contributed by atoms with Crippen LogP contribution in [0.2, 0.25) is 0 Å². The summed E-state index contributed by atoms with van der Waals surface area (Å²) >= 11 is 6.74. The number of carbonyl (C=O) groups excluding carboxylic acids is 1. The van der Waals surface area contributed by atoms with Gasteiger partial charge in [0, 0.05) is 16.9 Å². The summed E-state index contributed by atoms with van der Waals surface area (Å²) < 4.78 is 47.6. The minimum absolute atomic E-state index is 0.0520. The van der Waals surface area contributed by atoms with Gasteiger partial charge in [-0.2, -0.15) is 0 Å². The molecule has 162 valence electrons. The molecule has 6 fully saturated rings. The largest absolute Gasteiger partial charge is 0.489 e. The second-order valence-electron chi connectivity index (χ2n) is 10.1. The summed E-state index contributed by atoms with van der Waals surface area (Å²) in [6.45, 7) is 0. The van der Waals surface area contributed by atoms with Crippen LogP contribution in [0, 0.1) is 23.6 Å². The summed E-state index contributed by atoms with van der Waals surface area (Å²) in [6.07, 6.45) is 7.16. The summed E-state index contributed by atoms with van der Waals surface area (Å²) in [5, 5.41) is -0.534. The van der Waals surface area contributed by atoms with E-state index in [1.807, 2.05) is 4.72 Å². The molecule has 6 aliphatic carbocycles. The molecule has 0 radical (unpaired) electrons. The van der Waals surface area contributed by atoms with Gasteiger partial charge in [0.1, 0.15) is 17.7 Å². The van der Waals surface area contributed by atoms with Crippen LogP contribution >= 0.6 is 11.6 Å². The number of hydrogen-bond donors (Lipinski definition) is 1. The number of carbonyl (C=O) groups is 1. The number of nitrogens with one attached hydrogen (secondary N) is 1. The highest BCUT2D eigenvalue weighted by molar-refractivity contribution is 7.91. The quantitative estimate of drug-likeness (QED) is 0.658. The van der Waals surface area contributed by atoms with Crippen LogP contribution in [-0.4, -0.2) is 30.6 Å². The third-order valence-corrected chi connectivity index (χ3v) is 10.1. The molecular weight excluding hydrogens is 429 g/mol. The van der Waals surface area contributed by atoms with Crippen LogP contribution in [0.5, 0.6) is 5.75 Å². The van der Waals surface area contributed by atoms with E-state index < -0.39 is 27.0 Å². The first-order valence-corrected chi connectivity index (χ1v) is 12.9. The number of ether oxygens (including phenoxy) is 1. The lowest BCUT2D eigenvalue weighted by Gasteiger charge is -2.37. The van der Waals surface area contributed by atoms with Crippen molar-refractivity contribution in [1.29, 1.82) is 0 Å². The minimum atomic E-state index is -3.73. The van der Waals surface area contributed by atoms with Crippen LogP contribution < -0.4 is 9.46 Å². The van der Waals surface area contributed by atoms with Crippen LogP contribution in [0.25, 0.3) is 0 Å². The Hall–Kier alpha value is -1.34. The summed E-state index contributed by atoms with van der Waals surface area (Å²) in [6, 6.07) is 2.80. The number of amides is 1. The first kappa shape index (κ1) is 19.4. The second-order valence-corrected chi connectivity index (χ2v) is 12.8. The van der Waals surface area contributed by atoms with Crippen molar-refractivity contribution in [3.05, 3.63) is 29.1 Å². The zero-order valence-electron chi connectivity index (χ0n) is 16.6. The molecule has 8 heteroatoms. The molecule has 5 atom stereocenters. The van der Waals surface area contributed by atoms with Crippen LogP contribution in [0.1, 0.15) is 73.2 Å². The fourth-order valence-corrected chi connectivity index (χ4v) is 8.05. The minimum Gasteiger partial charge on any atom is -0.489 e. The van der Waals surface area contributed by atoms with Crippen molar-refractivity contribution in [3.8, 4) is 5.75 Å². The lowest BCUT2D eigenvalue weighted by Crippen LogP contribution is -2.39. The normalized spacial score (nSPS) is 36.9. The molecule has 0 saturated heterocycles. The Labute approximate surface area is 180 Å². The van der Waals surface area contributed by atoms with Crippen molar-refractivity contribution in [2.24, 2.45) is 17.8 Å². The van der Waals surface area contributed by atoms with Gasteiger partial charge in [-0.05, 0) is 80.8 Å². The van der Waals surface area contributed by atoms with Gasteiger partial charge >= 0.3 is 0 Å². The highest BCUT2D eigenvalue weighted by Gasteiger charge is 2.61. The van der Waals surface area contributed by atoms with Crippen molar-refractivity contribution in [2.45, 2.75) is 73.5 Å². The molecule has 0 aromatic heterocycles. The van der Waals surface area contributed by atoms with Crippen LogP contribution in [0.4, 0.5) is 4.39 Å². The lowest BCUT2D eigenvalue weighted by molar-refractivity contribution is 0.0792. The van der Waals surface area contributed by atoms with E-state index in [4.69, 9.17) is 16.3 Å². The van der Waals surface area contributed by atoms with Gasteiger partial charge < -0.3 is 4.74 Å². The molecule has 1 aromatic carbocycles. The van der Waals surface area contributed by atoms with E-state index >= 15 is 0 Å². The van der Waals surface area contributed by atoms with Gasteiger partial charge in [0.25, 0.3) is 5.91 Å². The molecule has 0 spiro atoms. The summed E-state index contributed by atoms with van der Waals surface area (Å²) in [5.74, 6) is 0.542. The molecule has 1 N–H and O–H groups in total. The Kier molecular flexibility index (Phi) is 4.09. The number of halogens is 2. The molecular formula is C22H25ClFNO4S. The van der Waals surface area contributed by atoms with E-state index in [1.54, 1.807) is 0 Å². The third kappa shape index (κ3) is 3.15. The standard InChI is InChI=1S/C22H25ClFNO4S/c23-22-8-12-5-13(9-22)20(17(12)10-22)29-19-7-18(24)16(6-15(19)11-1-2-11)21(26)25-30(27,28)14-3-4-14/h6-7,11-14,17,20H,1-5,8-10H2,(H,25,26)/t12?,13?,17?,20-,22+/m1/s1. The first-order chi connectivity index (χ1) is 14.2. The summed E-state index contributed by atoms with van der Waals surface area (Å²) in [5.41, 5.74) is 0.602. The van der Waals surface area contributed by atoms with Gasteiger partial charge in [-0.25, -0.2) is 17.5 Å².